The van der Waals surface area contributed by atoms with Gasteiger partial charge in [0.15, 0.2) is 0 Å². The zero-order valence-electron chi connectivity index (χ0n) is 9.03. The molecule has 0 aliphatic rings. The van der Waals surface area contributed by atoms with Crippen molar-refractivity contribution in [3.63, 3.8) is 0 Å². The van der Waals surface area contributed by atoms with E-state index < -0.39 is 11.8 Å². The smallest absolute Gasteiger partial charge is 0.341 e. The van der Waals surface area contributed by atoms with Crippen LogP contribution in [-0.2, 0) is 16.0 Å². The summed E-state index contributed by atoms with van der Waals surface area (Å²) in [4.78, 5) is 21.6. The molecule has 16 heavy (non-hydrogen) atoms. The highest BCUT2D eigenvalue weighted by Crippen LogP contribution is 2.13. The molecule has 0 spiro atoms. The second-order valence-corrected chi connectivity index (χ2v) is 3.24. The van der Waals surface area contributed by atoms with E-state index in [1.165, 1.54) is 12.1 Å². The molecule has 86 valence electrons. The molecule has 4 heteroatoms. The molecule has 0 aliphatic carbocycles. The highest BCUT2D eigenvalue weighted by molar-refractivity contribution is 5.89. The molecular weight excluding hydrogens is 211 g/mol. The van der Waals surface area contributed by atoms with Crippen LogP contribution < -0.4 is 0 Å². The Morgan fingerprint density at radius 1 is 1.50 bits per heavy atom. The van der Waals surface area contributed by atoms with Crippen LogP contribution in [-0.4, -0.2) is 18.9 Å². The van der Waals surface area contributed by atoms with E-state index in [2.05, 4.69) is 0 Å². The van der Waals surface area contributed by atoms with Crippen LogP contribution in [0.25, 0.3) is 0 Å². The maximum absolute atomic E-state index is 13.3. The molecule has 0 aromatic heterocycles. The molecule has 0 bridgehead atoms. The predicted molar refractivity (Wildman–Crippen MR) is 56.7 cm³/mol. The van der Waals surface area contributed by atoms with Crippen LogP contribution in [0.1, 0.15) is 29.3 Å². The average Bonchev–Trinajstić information content (AvgIpc) is 2.28. The van der Waals surface area contributed by atoms with Crippen LogP contribution in [0, 0.1) is 5.82 Å². The second-order valence-electron chi connectivity index (χ2n) is 3.24. The number of ether oxygens (including phenoxy) is 1. The van der Waals surface area contributed by atoms with E-state index in [0.29, 0.717) is 12.8 Å². The normalized spacial score (nSPS) is 9.88. The van der Waals surface area contributed by atoms with Crippen molar-refractivity contribution in [1.82, 2.24) is 0 Å². The Morgan fingerprint density at radius 2 is 2.25 bits per heavy atom. The molecular formula is C12H13FO3. The first kappa shape index (κ1) is 12.4. The van der Waals surface area contributed by atoms with Gasteiger partial charge in [0.25, 0.3) is 0 Å². The standard InChI is InChI=1S/C12H13FO3/c1-2-16-12(15)10-8-9(4-3-7-14)5-6-11(10)13/h5-8H,2-4H2,1H3. The maximum atomic E-state index is 13.3. The van der Waals surface area contributed by atoms with Gasteiger partial charge in [0, 0.05) is 6.42 Å². The summed E-state index contributed by atoms with van der Waals surface area (Å²) in [6.45, 7) is 1.86. The molecule has 0 aliphatic heterocycles. The van der Waals surface area contributed by atoms with Crippen molar-refractivity contribution in [3.05, 3.63) is 35.1 Å². The van der Waals surface area contributed by atoms with Gasteiger partial charge in [0.2, 0.25) is 0 Å². The van der Waals surface area contributed by atoms with Crippen molar-refractivity contribution in [2.75, 3.05) is 6.61 Å². The van der Waals surface area contributed by atoms with Crippen molar-refractivity contribution in [1.29, 1.82) is 0 Å². The third-order valence-electron chi connectivity index (χ3n) is 2.08. The van der Waals surface area contributed by atoms with Crippen molar-refractivity contribution in [2.24, 2.45) is 0 Å². The fraction of sp³-hybridized carbons (Fsp3) is 0.333. The van der Waals surface area contributed by atoms with Crippen molar-refractivity contribution in [2.45, 2.75) is 19.8 Å². The molecule has 0 radical (unpaired) electrons. The van der Waals surface area contributed by atoms with E-state index in [-0.39, 0.29) is 12.2 Å². The van der Waals surface area contributed by atoms with Gasteiger partial charge in [-0.25, -0.2) is 9.18 Å². The third kappa shape index (κ3) is 3.15. The van der Waals surface area contributed by atoms with Gasteiger partial charge < -0.3 is 9.53 Å². The maximum Gasteiger partial charge on any atom is 0.341 e. The van der Waals surface area contributed by atoms with Crippen molar-refractivity contribution >= 4 is 12.3 Å². The summed E-state index contributed by atoms with van der Waals surface area (Å²) in [5.41, 5.74) is 0.668. The Morgan fingerprint density at radius 3 is 2.88 bits per heavy atom. The first-order valence-corrected chi connectivity index (χ1v) is 5.08. The molecule has 0 unspecified atom stereocenters. The molecule has 0 atom stereocenters. The summed E-state index contributed by atoms with van der Waals surface area (Å²) in [7, 11) is 0. The van der Waals surface area contributed by atoms with Gasteiger partial charge in [-0.15, -0.1) is 0 Å². The number of aryl methyl sites for hydroxylation is 1. The predicted octanol–water partition coefficient (Wildman–Crippen LogP) is 2.13. The number of esters is 1. The summed E-state index contributed by atoms with van der Waals surface area (Å²) in [6.07, 6.45) is 1.64. The molecule has 1 rings (SSSR count). The number of carbonyl (C=O) groups is 2. The molecule has 0 amide bonds. The zero-order valence-corrected chi connectivity index (χ0v) is 9.03. The van der Waals surface area contributed by atoms with E-state index in [4.69, 9.17) is 4.74 Å². The summed E-state index contributed by atoms with van der Waals surface area (Å²) in [5.74, 6) is -1.28. The number of aldehydes is 1. The van der Waals surface area contributed by atoms with Gasteiger partial charge in [-0.3, -0.25) is 0 Å². The highest BCUT2D eigenvalue weighted by Gasteiger charge is 2.13. The van der Waals surface area contributed by atoms with Gasteiger partial charge in [0.1, 0.15) is 12.1 Å². The SMILES string of the molecule is CCOC(=O)c1cc(CCC=O)ccc1F. The Bertz CT molecular complexity index is 388. The lowest BCUT2D eigenvalue weighted by Gasteiger charge is -2.05. The fourth-order valence-corrected chi connectivity index (χ4v) is 1.32. The first-order valence-electron chi connectivity index (χ1n) is 5.08. The minimum absolute atomic E-state index is 0.0785. The quantitative estimate of drug-likeness (QED) is 0.568. The van der Waals surface area contributed by atoms with Gasteiger partial charge in [0.05, 0.1) is 12.2 Å². The number of hydrogen-bond acceptors (Lipinski definition) is 3. The summed E-state index contributed by atoms with van der Waals surface area (Å²) < 4.78 is 18.0. The van der Waals surface area contributed by atoms with Crippen molar-refractivity contribution < 1.29 is 18.7 Å². The summed E-state index contributed by atoms with van der Waals surface area (Å²) in [6, 6.07) is 4.20. The number of halogens is 1. The average molecular weight is 224 g/mol. The van der Waals surface area contributed by atoms with E-state index >= 15 is 0 Å². The molecule has 1 aromatic carbocycles. The molecule has 0 heterocycles. The monoisotopic (exact) mass is 224 g/mol. The van der Waals surface area contributed by atoms with Gasteiger partial charge in [-0.05, 0) is 31.0 Å². The van der Waals surface area contributed by atoms with Crippen molar-refractivity contribution in [3.8, 4) is 0 Å². The summed E-state index contributed by atoms with van der Waals surface area (Å²) >= 11 is 0. The van der Waals surface area contributed by atoms with Gasteiger partial charge >= 0.3 is 5.97 Å². The Hall–Kier alpha value is -1.71. The van der Waals surface area contributed by atoms with Crippen LogP contribution in [0.2, 0.25) is 0 Å². The van der Waals surface area contributed by atoms with E-state index in [1.807, 2.05) is 0 Å². The lowest BCUT2D eigenvalue weighted by molar-refractivity contribution is -0.107. The highest BCUT2D eigenvalue weighted by atomic mass is 19.1. The number of hydrogen-bond donors (Lipinski definition) is 0. The van der Waals surface area contributed by atoms with Crippen LogP contribution in [0.15, 0.2) is 18.2 Å². The van der Waals surface area contributed by atoms with Gasteiger partial charge in [-0.2, -0.15) is 0 Å². The minimum Gasteiger partial charge on any atom is -0.462 e. The van der Waals surface area contributed by atoms with E-state index in [0.717, 1.165) is 11.8 Å². The molecule has 3 nitrogen and oxygen atoms in total. The lowest BCUT2D eigenvalue weighted by Crippen LogP contribution is -2.08. The summed E-state index contributed by atoms with van der Waals surface area (Å²) in [5, 5.41) is 0. The largest absolute Gasteiger partial charge is 0.462 e. The molecule has 1 aromatic rings. The Labute approximate surface area is 93.2 Å². The second kappa shape index (κ2) is 6.00. The Kier molecular flexibility index (Phi) is 4.64. The topological polar surface area (TPSA) is 43.4 Å². The molecule has 0 saturated carbocycles. The molecule has 0 N–H and O–H groups in total. The third-order valence-corrected chi connectivity index (χ3v) is 2.08. The zero-order chi connectivity index (χ0) is 12.0. The van der Waals surface area contributed by atoms with Crippen LogP contribution in [0.5, 0.6) is 0 Å². The number of rotatable bonds is 5. The molecule has 0 fully saturated rings. The van der Waals surface area contributed by atoms with Crippen LogP contribution in [0.4, 0.5) is 4.39 Å². The minimum atomic E-state index is -0.673. The van der Waals surface area contributed by atoms with Gasteiger partial charge in [-0.1, -0.05) is 6.07 Å². The van der Waals surface area contributed by atoms with E-state index in [1.54, 1.807) is 13.0 Å². The Balaban J connectivity index is 2.89. The fourth-order valence-electron chi connectivity index (χ4n) is 1.32. The number of carbonyl (C=O) groups excluding carboxylic acids is 2. The van der Waals surface area contributed by atoms with Crippen LogP contribution in [0.3, 0.4) is 0 Å². The molecule has 0 saturated heterocycles. The number of benzene rings is 1. The van der Waals surface area contributed by atoms with Crippen LogP contribution >= 0.6 is 0 Å². The first-order chi connectivity index (χ1) is 7.69. The lowest BCUT2D eigenvalue weighted by atomic mass is 10.1. The van der Waals surface area contributed by atoms with E-state index in [9.17, 15) is 14.0 Å².